The molecule has 1 aromatic heterocycles. The number of hydrogen-bond donors (Lipinski definition) is 2. The summed E-state index contributed by atoms with van der Waals surface area (Å²) in [5.74, 6) is 0.610. The summed E-state index contributed by atoms with van der Waals surface area (Å²) in [4.78, 5) is 12.9. The Kier molecular flexibility index (Phi) is 4.98. The summed E-state index contributed by atoms with van der Waals surface area (Å²) in [5.41, 5.74) is 1.04. The molecule has 5 nitrogen and oxygen atoms in total. The number of likely N-dealkylation sites (tertiary alicyclic amines) is 1. The van der Waals surface area contributed by atoms with E-state index in [1.165, 1.54) is 30.2 Å². The van der Waals surface area contributed by atoms with Gasteiger partial charge in [0.2, 0.25) is 0 Å². The van der Waals surface area contributed by atoms with E-state index in [9.17, 15) is 9.90 Å². The molecule has 0 unspecified atom stereocenters. The van der Waals surface area contributed by atoms with E-state index in [0.717, 1.165) is 30.6 Å². The van der Waals surface area contributed by atoms with Crippen molar-refractivity contribution in [2.75, 3.05) is 26.2 Å². The second kappa shape index (κ2) is 7.15. The molecule has 1 saturated heterocycles. The number of aliphatic hydroxyl groups is 1. The minimum Gasteiger partial charge on any atom is -0.491 e. The number of benzene rings is 1. The maximum atomic E-state index is 11.5. The van der Waals surface area contributed by atoms with Crippen LogP contribution in [0.1, 0.15) is 24.8 Å². The lowest BCUT2D eigenvalue weighted by Crippen LogP contribution is -3.14. The predicted octanol–water partition coefficient (Wildman–Crippen LogP) is 0.910. The molecular formula is C18H24NO4+. The molecule has 1 aromatic carbocycles. The summed E-state index contributed by atoms with van der Waals surface area (Å²) in [5, 5.41) is 11.0. The first kappa shape index (κ1) is 16.0. The highest BCUT2D eigenvalue weighted by Gasteiger charge is 2.18. The maximum absolute atomic E-state index is 11.5. The van der Waals surface area contributed by atoms with Crippen LogP contribution in [0.5, 0.6) is 5.75 Å². The van der Waals surface area contributed by atoms with Crippen LogP contribution in [0.4, 0.5) is 0 Å². The molecule has 1 aliphatic rings. The summed E-state index contributed by atoms with van der Waals surface area (Å²) in [6.45, 7) is 5.13. The molecule has 0 amide bonds. The standard InChI is InChI=1S/C18H23NO4/c1-13-9-18(21)23-17-10-15(5-6-16(13)17)22-12-14(20)11-19-7-3-2-4-8-19/h5-6,9-10,14,20H,2-4,7-8,11-12H2,1H3/p+1/t14-/m0/s1. The average Bonchev–Trinajstić information content (AvgIpc) is 2.53. The van der Waals surface area contributed by atoms with Gasteiger partial charge in [-0.05, 0) is 43.9 Å². The van der Waals surface area contributed by atoms with Crippen molar-refractivity contribution in [3.63, 3.8) is 0 Å². The van der Waals surface area contributed by atoms with Gasteiger partial charge in [-0.2, -0.15) is 0 Å². The highest BCUT2D eigenvalue weighted by atomic mass is 16.5. The topological polar surface area (TPSA) is 64.1 Å². The minimum atomic E-state index is -0.483. The molecule has 5 heteroatoms. The van der Waals surface area contributed by atoms with Crippen molar-refractivity contribution in [3.05, 3.63) is 40.2 Å². The van der Waals surface area contributed by atoms with E-state index in [0.29, 0.717) is 11.3 Å². The van der Waals surface area contributed by atoms with Crippen LogP contribution in [0.25, 0.3) is 11.0 Å². The molecule has 2 aromatic rings. The molecule has 0 aliphatic carbocycles. The Labute approximate surface area is 135 Å². The van der Waals surface area contributed by atoms with Gasteiger partial charge in [-0.15, -0.1) is 0 Å². The van der Waals surface area contributed by atoms with Crippen LogP contribution in [0, 0.1) is 6.92 Å². The van der Waals surface area contributed by atoms with Gasteiger partial charge in [0.1, 0.15) is 30.6 Å². The fourth-order valence-corrected chi connectivity index (χ4v) is 3.24. The van der Waals surface area contributed by atoms with Crippen LogP contribution < -0.4 is 15.3 Å². The quantitative estimate of drug-likeness (QED) is 0.805. The fourth-order valence-electron chi connectivity index (χ4n) is 3.24. The van der Waals surface area contributed by atoms with Gasteiger partial charge in [0.05, 0.1) is 13.1 Å². The van der Waals surface area contributed by atoms with E-state index in [4.69, 9.17) is 9.15 Å². The van der Waals surface area contributed by atoms with Crippen molar-refractivity contribution in [2.24, 2.45) is 0 Å². The Balaban J connectivity index is 1.61. The average molecular weight is 318 g/mol. The van der Waals surface area contributed by atoms with Gasteiger partial charge in [-0.25, -0.2) is 4.79 Å². The van der Waals surface area contributed by atoms with Gasteiger partial charge in [-0.1, -0.05) is 0 Å². The molecule has 1 aliphatic heterocycles. The first-order chi connectivity index (χ1) is 11.1. The molecule has 124 valence electrons. The summed E-state index contributed by atoms with van der Waals surface area (Å²) in [6, 6.07) is 6.92. The molecule has 3 rings (SSSR count). The molecule has 0 bridgehead atoms. The molecular weight excluding hydrogens is 294 g/mol. The van der Waals surface area contributed by atoms with E-state index >= 15 is 0 Å². The summed E-state index contributed by atoms with van der Waals surface area (Å²) >= 11 is 0. The van der Waals surface area contributed by atoms with Gasteiger partial charge in [0.15, 0.2) is 0 Å². The van der Waals surface area contributed by atoms with Gasteiger partial charge < -0.3 is 19.2 Å². The SMILES string of the molecule is Cc1cc(=O)oc2cc(OC[C@@H](O)C[NH+]3CCCCC3)ccc12. The zero-order chi connectivity index (χ0) is 16.2. The van der Waals surface area contributed by atoms with Crippen molar-refractivity contribution < 1.29 is 19.2 Å². The van der Waals surface area contributed by atoms with Crippen LogP contribution in [0.15, 0.2) is 33.5 Å². The third kappa shape index (κ3) is 4.12. The Morgan fingerprint density at radius 2 is 2.04 bits per heavy atom. The number of ether oxygens (including phenoxy) is 1. The lowest BCUT2D eigenvalue weighted by molar-refractivity contribution is -0.908. The molecule has 0 saturated carbocycles. The first-order valence-electron chi connectivity index (χ1n) is 8.31. The van der Waals surface area contributed by atoms with Crippen LogP contribution in [-0.2, 0) is 0 Å². The smallest absolute Gasteiger partial charge is 0.336 e. The molecule has 2 N–H and O–H groups in total. The molecule has 0 radical (unpaired) electrons. The number of aliphatic hydroxyl groups excluding tert-OH is 1. The largest absolute Gasteiger partial charge is 0.491 e. The lowest BCUT2D eigenvalue weighted by atomic mass is 10.1. The van der Waals surface area contributed by atoms with Crippen LogP contribution in [-0.4, -0.2) is 37.5 Å². The number of nitrogens with one attached hydrogen (secondary N) is 1. The molecule has 0 spiro atoms. The Morgan fingerprint density at radius 3 is 2.83 bits per heavy atom. The second-order valence-corrected chi connectivity index (χ2v) is 6.39. The van der Waals surface area contributed by atoms with Crippen molar-refractivity contribution >= 4 is 11.0 Å². The van der Waals surface area contributed by atoms with Crippen molar-refractivity contribution in [1.82, 2.24) is 0 Å². The number of hydrogen-bond acceptors (Lipinski definition) is 4. The Bertz CT molecular complexity index is 719. The van der Waals surface area contributed by atoms with E-state index in [1.807, 2.05) is 19.1 Å². The number of fused-ring (bicyclic) bond motifs is 1. The van der Waals surface area contributed by atoms with E-state index in [2.05, 4.69) is 0 Å². The van der Waals surface area contributed by atoms with Crippen LogP contribution in [0.2, 0.25) is 0 Å². The lowest BCUT2D eigenvalue weighted by Gasteiger charge is -2.25. The fraction of sp³-hybridized carbons (Fsp3) is 0.500. The summed E-state index contributed by atoms with van der Waals surface area (Å²) in [7, 11) is 0. The second-order valence-electron chi connectivity index (χ2n) is 6.39. The van der Waals surface area contributed by atoms with Gasteiger partial charge in [0, 0.05) is 17.5 Å². The normalized spacial score (nSPS) is 17.3. The van der Waals surface area contributed by atoms with E-state index in [-0.39, 0.29) is 12.2 Å². The summed E-state index contributed by atoms with van der Waals surface area (Å²) in [6.07, 6.45) is 3.30. The zero-order valence-electron chi connectivity index (χ0n) is 13.5. The third-order valence-corrected chi connectivity index (χ3v) is 4.45. The van der Waals surface area contributed by atoms with Gasteiger partial charge in [0.25, 0.3) is 0 Å². The number of quaternary nitrogens is 1. The molecule has 1 atom stereocenters. The van der Waals surface area contributed by atoms with Crippen molar-refractivity contribution in [1.29, 1.82) is 0 Å². The van der Waals surface area contributed by atoms with Crippen LogP contribution in [0.3, 0.4) is 0 Å². The van der Waals surface area contributed by atoms with Crippen molar-refractivity contribution in [2.45, 2.75) is 32.3 Å². The predicted molar refractivity (Wildman–Crippen MR) is 88.1 cm³/mol. The van der Waals surface area contributed by atoms with E-state index in [1.54, 1.807) is 6.07 Å². The highest BCUT2D eigenvalue weighted by molar-refractivity contribution is 5.81. The number of rotatable bonds is 5. The molecule has 2 heterocycles. The third-order valence-electron chi connectivity index (χ3n) is 4.45. The minimum absolute atomic E-state index is 0.255. The highest BCUT2D eigenvalue weighted by Crippen LogP contribution is 2.22. The first-order valence-corrected chi connectivity index (χ1v) is 8.31. The van der Waals surface area contributed by atoms with Crippen LogP contribution >= 0.6 is 0 Å². The number of aryl methyl sites for hydroxylation is 1. The Hall–Kier alpha value is -1.85. The summed E-state index contributed by atoms with van der Waals surface area (Å²) < 4.78 is 10.9. The molecule has 1 fully saturated rings. The van der Waals surface area contributed by atoms with Gasteiger partial charge >= 0.3 is 5.63 Å². The number of piperidine rings is 1. The monoisotopic (exact) mass is 318 g/mol. The van der Waals surface area contributed by atoms with Gasteiger partial charge in [-0.3, -0.25) is 0 Å². The van der Waals surface area contributed by atoms with Crippen molar-refractivity contribution in [3.8, 4) is 5.75 Å². The van der Waals surface area contributed by atoms with E-state index < -0.39 is 6.10 Å². The Morgan fingerprint density at radius 1 is 1.26 bits per heavy atom. The maximum Gasteiger partial charge on any atom is 0.336 e. The molecule has 23 heavy (non-hydrogen) atoms. The zero-order valence-corrected chi connectivity index (χ0v) is 13.5.